The molecule has 3 nitrogen and oxygen atoms in total. The molecule has 0 bridgehead atoms. The maximum atomic E-state index is 13.8. The number of piperidine rings is 1. The molecule has 1 fully saturated rings. The number of halogens is 1. The number of benzene rings is 1. The molecule has 2 unspecified atom stereocenters. The first-order valence-electron chi connectivity index (χ1n) is 8.00. The van der Waals surface area contributed by atoms with Crippen molar-refractivity contribution in [2.75, 3.05) is 26.2 Å². The molecule has 0 amide bonds. The molecule has 118 valence electrons. The number of phenolic OH excluding ortho intramolecular Hbond substituents is 1. The molecule has 1 aliphatic rings. The van der Waals surface area contributed by atoms with Gasteiger partial charge in [0.25, 0.3) is 0 Å². The van der Waals surface area contributed by atoms with Crippen molar-refractivity contribution in [3.8, 4) is 5.75 Å². The fourth-order valence-electron chi connectivity index (χ4n) is 3.00. The van der Waals surface area contributed by atoms with Crippen LogP contribution in [0.5, 0.6) is 5.75 Å². The van der Waals surface area contributed by atoms with Crippen LogP contribution in [0.1, 0.15) is 44.7 Å². The summed E-state index contributed by atoms with van der Waals surface area (Å²) in [4.78, 5) is 2.53. The van der Waals surface area contributed by atoms with Gasteiger partial charge in [0.05, 0.1) is 0 Å². The van der Waals surface area contributed by atoms with Gasteiger partial charge in [-0.15, -0.1) is 0 Å². The molecule has 2 N–H and O–H groups in total. The van der Waals surface area contributed by atoms with Crippen LogP contribution >= 0.6 is 0 Å². The first-order chi connectivity index (χ1) is 10.1. The average molecular weight is 294 g/mol. The minimum atomic E-state index is -0.348. The van der Waals surface area contributed by atoms with E-state index in [2.05, 4.69) is 17.1 Å². The molecule has 0 radical (unpaired) electrons. The minimum Gasteiger partial charge on any atom is -0.508 e. The molecule has 0 saturated carbocycles. The Morgan fingerprint density at radius 3 is 2.62 bits per heavy atom. The first kappa shape index (κ1) is 16.2. The predicted octanol–water partition coefficient (Wildman–Crippen LogP) is 3.30. The summed E-state index contributed by atoms with van der Waals surface area (Å²) in [5.41, 5.74) is 0.609. The van der Waals surface area contributed by atoms with E-state index in [0.717, 1.165) is 13.1 Å². The van der Waals surface area contributed by atoms with Crippen molar-refractivity contribution >= 4 is 0 Å². The van der Waals surface area contributed by atoms with E-state index in [1.165, 1.54) is 44.5 Å². The van der Waals surface area contributed by atoms with Crippen LogP contribution in [0.4, 0.5) is 4.39 Å². The monoisotopic (exact) mass is 294 g/mol. The summed E-state index contributed by atoms with van der Waals surface area (Å²) in [6.45, 7) is 8.61. The fourth-order valence-corrected chi connectivity index (χ4v) is 3.00. The van der Waals surface area contributed by atoms with Gasteiger partial charge in [-0.3, -0.25) is 0 Å². The average Bonchev–Trinajstić information content (AvgIpc) is 2.46. The zero-order valence-corrected chi connectivity index (χ0v) is 13.1. The summed E-state index contributed by atoms with van der Waals surface area (Å²) in [7, 11) is 0. The third-order valence-corrected chi connectivity index (χ3v) is 4.24. The fraction of sp³-hybridized carbons (Fsp3) is 0.647. The standard InChI is InChI=1S/C17H27FN2O/c1-13(12-20-8-4-3-5-9-20)11-19-14(2)16-7-6-15(21)10-17(16)18/h6-7,10,13-14,19,21H,3-5,8-9,11-12H2,1-2H3. The maximum absolute atomic E-state index is 13.8. The molecule has 1 heterocycles. The molecule has 4 heteroatoms. The summed E-state index contributed by atoms with van der Waals surface area (Å²) in [6.07, 6.45) is 3.99. The Hall–Kier alpha value is -1.13. The summed E-state index contributed by atoms with van der Waals surface area (Å²) in [5, 5.41) is 12.7. The number of likely N-dealkylation sites (tertiary alicyclic amines) is 1. The van der Waals surface area contributed by atoms with Gasteiger partial charge in [-0.1, -0.05) is 19.4 Å². The molecule has 0 aromatic heterocycles. The lowest BCUT2D eigenvalue weighted by Crippen LogP contribution is -2.37. The number of rotatable bonds is 6. The van der Waals surface area contributed by atoms with E-state index in [4.69, 9.17) is 0 Å². The SMILES string of the molecule is CC(CNC(C)c1ccc(O)cc1F)CN1CCCCC1. The van der Waals surface area contributed by atoms with Gasteiger partial charge in [0.2, 0.25) is 0 Å². The third kappa shape index (κ3) is 4.97. The van der Waals surface area contributed by atoms with Crippen molar-refractivity contribution in [2.24, 2.45) is 5.92 Å². The van der Waals surface area contributed by atoms with E-state index >= 15 is 0 Å². The van der Waals surface area contributed by atoms with Gasteiger partial charge >= 0.3 is 0 Å². The number of nitrogens with one attached hydrogen (secondary N) is 1. The Kier molecular flexibility index (Phi) is 6.00. The minimum absolute atomic E-state index is 0.0260. The van der Waals surface area contributed by atoms with Crippen molar-refractivity contribution < 1.29 is 9.50 Å². The van der Waals surface area contributed by atoms with E-state index in [0.29, 0.717) is 11.5 Å². The molecule has 1 aliphatic heterocycles. The number of aromatic hydroxyl groups is 1. The Morgan fingerprint density at radius 1 is 1.24 bits per heavy atom. The molecular formula is C17H27FN2O. The Morgan fingerprint density at radius 2 is 1.95 bits per heavy atom. The molecule has 1 aromatic carbocycles. The Balaban J connectivity index is 1.78. The summed E-state index contributed by atoms with van der Waals surface area (Å²) < 4.78 is 13.8. The second kappa shape index (κ2) is 7.76. The van der Waals surface area contributed by atoms with Crippen LogP contribution < -0.4 is 5.32 Å². The Bertz CT molecular complexity index is 446. The third-order valence-electron chi connectivity index (χ3n) is 4.24. The molecule has 0 aliphatic carbocycles. The smallest absolute Gasteiger partial charge is 0.131 e. The maximum Gasteiger partial charge on any atom is 0.131 e. The lowest BCUT2D eigenvalue weighted by molar-refractivity contribution is 0.197. The molecule has 2 rings (SSSR count). The van der Waals surface area contributed by atoms with Crippen LogP contribution in [0.15, 0.2) is 18.2 Å². The highest BCUT2D eigenvalue weighted by Gasteiger charge is 2.15. The summed E-state index contributed by atoms with van der Waals surface area (Å²) >= 11 is 0. The van der Waals surface area contributed by atoms with E-state index in [1.54, 1.807) is 6.07 Å². The highest BCUT2D eigenvalue weighted by atomic mass is 19.1. The summed E-state index contributed by atoms with van der Waals surface area (Å²) in [5.74, 6) is 0.173. The van der Waals surface area contributed by atoms with Crippen LogP contribution in [0.3, 0.4) is 0 Å². The highest BCUT2D eigenvalue weighted by molar-refractivity contribution is 5.29. The van der Waals surface area contributed by atoms with Crippen molar-refractivity contribution in [3.63, 3.8) is 0 Å². The van der Waals surface area contributed by atoms with E-state index in [1.807, 2.05) is 6.92 Å². The highest BCUT2D eigenvalue weighted by Crippen LogP contribution is 2.21. The largest absolute Gasteiger partial charge is 0.508 e. The van der Waals surface area contributed by atoms with E-state index < -0.39 is 0 Å². The first-order valence-corrected chi connectivity index (χ1v) is 8.00. The predicted molar refractivity (Wildman–Crippen MR) is 83.9 cm³/mol. The van der Waals surface area contributed by atoms with Crippen molar-refractivity contribution in [1.29, 1.82) is 0 Å². The molecule has 1 saturated heterocycles. The van der Waals surface area contributed by atoms with E-state index in [-0.39, 0.29) is 17.6 Å². The second-order valence-electron chi connectivity index (χ2n) is 6.30. The number of hydrogen-bond donors (Lipinski definition) is 2. The van der Waals surface area contributed by atoms with Crippen LogP contribution in [-0.2, 0) is 0 Å². The molecular weight excluding hydrogens is 267 g/mol. The lowest BCUT2D eigenvalue weighted by Gasteiger charge is -2.29. The van der Waals surface area contributed by atoms with Crippen LogP contribution in [-0.4, -0.2) is 36.2 Å². The molecule has 2 atom stereocenters. The Labute approximate surface area is 127 Å². The number of nitrogens with zero attached hydrogens (tertiary/aromatic N) is 1. The van der Waals surface area contributed by atoms with Crippen LogP contribution in [0, 0.1) is 11.7 Å². The summed E-state index contributed by atoms with van der Waals surface area (Å²) in [6, 6.07) is 4.31. The van der Waals surface area contributed by atoms with Crippen molar-refractivity contribution in [3.05, 3.63) is 29.6 Å². The van der Waals surface area contributed by atoms with Gasteiger partial charge in [-0.25, -0.2) is 4.39 Å². The molecule has 21 heavy (non-hydrogen) atoms. The van der Waals surface area contributed by atoms with Crippen molar-refractivity contribution in [2.45, 2.75) is 39.2 Å². The van der Waals surface area contributed by atoms with Gasteiger partial charge in [0.1, 0.15) is 11.6 Å². The van der Waals surface area contributed by atoms with Crippen molar-refractivity contribution in [1.82, 2.24) is 10.2 Å². The van der Waals surface area contributed by atoms with Gasteiger partial charge < -0.3 is 15.3 Å². The quantitative estimate of drug-likeness (QED) is 0.845. The molecule has 0 spiro atoms. The zero-order valence-electron chi connectivity index (χ0n) is 13.1. The lowest BCUT2D eigenvalue weighted by atomic mass is 10.0. The van der Waals surface area contributed by atoms with Crippen LogP contribution in [0.2, 0.25) is 0 Å². The molecule has 1 aromatic rings. The van der Waals surface area contributed by atoms with Gasteiger partial charge in [-0.2, -0.15) is 0 Å². The second-order valence-corrected chi connectivity index (χ2v) is 6.30. The topological polar surface area (TPSA) is 35.5 Å². The normalized spacial score (nSPS) is 19.4. The van der Waals surface area contributed by atoms with Gasteiger partial charge in [0.15, 0.2) is 0 Å². The number of hydrogen-bond acceptors (Lipinski definition) is 3. The van der Waals surface area contributed by atoms with E-state index in [9.17, 15) is 9.50 Å². The van der Waals surface area contributed by atoms with Crippen LogP contribution in [0.25, 0.3) is 0 Å². The zero-order chi connectivity index (χ0) is 15.2. The number of phenols is 1. The van der Waals surface area contributed by atoms with Gasteiger partial charge in [0, 0.05) is 24.2 Å². The van der Waals surface area contributed by atoms with Gasteiger partial charge in [-0.05, 0) is 51.4 Å².